The Labute approximate surface area is 83.1 Å². The van der Waals surface area contributed by atoms with E-state index in [1.54, 1.807) is 18.2 Å². The van der Waals surface area contributed by atoms with Crippen molar-refractivity contribution >= 4 is 0 Å². The van der Waals surface area contributed by atoms with E-state index in [0.717, 1.165) is 0 Å². The van der Waals surface area contributed by atoms with Crippen molar-refractivity contribution in [3.8, 4) is 0 Å². The first kappa shape index (κ1) is 10.9. The number of rotatable bonds is 5. The summed E-state index contributed by atoms with van der Waals surface area (Å²) in [6.45, 7) is 4.64. The van der Waals surface area contributed by atoms with E-state index in [1.807, 2.05) is 0 Å². The van der Waals surface area contributed by atoms with Gasteiger partial charge in [0.25, 0.3) is 0 Å². The van der Waals surface area contributed by atoms with E-state index in [9.17, 15) is 9.50 Å². The van der Waals surface area contributed by atoms with Crippen LogP contribution in [-0.4, -0.2) is 18.2 Å². The Morgan fingerprint density at radius 3 is 2.64 bits per heavy atom. The highest BCUT2D eigenvalue weighted by Gasteiger charge is 2.05. The summed E-state index contributed by atoms with van der Waals surface area (Å²) in [6.07, 6.45) is 1.12. The second-order valence-corrected chi connectivity index (χ2v) is 3.01. The van der Waals surface area contributed by atoms with Crippen molar-refractivity contribution in [1.82, 2.24) is 5.32 Å². The van der Waals surface area contributed by atoms with Crippen LogP contribution in [0.5, 0.6) is 0 Å². The molecule has 76 valence electrons. The lowest BCUT2D eigenvalue weighted by Gasteiger charge is -2.10. The molecule has 1 rings (SSSR count). The number of aliphatic hydroxyl groups is 1. The standard InChI is InChI=1S/C11H14FNO/c1-2-7-13-8-11(14)9-3-5-10(12)6-4-9/h2-6,11,13-14H,1,7-8H2/t11-/m1/s1. The van der Waals surface area contributed by atoms with Gasteiger partial charge in [0.05, 0.1) is 6.10 Å². The predicted octanol–water partition coefficient (Wildman–Crippen LogP) is 1.63. The van der Waals surface area contributed by atoms with Gasteiger partial charge < -0.3 is 10.4 Å². The molecule has 2 nitrogen and oxygen atoms in total. The first-order valence-electron chi connectivity index (χ1n) is 4.49. The maximum atomic E-state index is 12.5. The number of hydrogen-bond acceptors (Lipinski definition) is 2. The smallest absolute Gasteiger partial charge is 0.123 e. The third-order valence-corrected chi connectivity index (χ3v) is 1.88. The van der Waals surface area contributed by atoms with Crippen molar-refractivity contribution in [3.63, 3.8) is 0 Å². The van der Waals surface area contributed by atoms with Crippen LogP contribution >= 0.6 is 0 Å². The predicted molar refractivity (Wildman–Crippen MR) is 54.4 cm³/mol. The Morgan fingerprint density at radius 2 is 2.07 bits per heavy atom. The van der Waals surface area contributed by atoms with Gasteiger partial charge in [-0.3, -0.25) is 0 Å². The third-order valence-electron chi connectivity index (χ3n) is 1.88. The van der Waals surface area contributed by atoms with Crippen molar-refractivity contribution in [2.24, 2.45) is 0 Å². The number of nitrogens with one attached hydrogen (secondary N) is 1. The molecule has 14 heavy (non-hydrogen) atoms. The van der Waals surface area contributed by atoms with Gasteiger partial charge in [-0.2, -0.15) is 0 Å². The fourth-order valence-electron chi connectivity index (χ4n) is 1.12. The Bertz CT molecular complexity index is 284. The number of benzene rings is 1. The Hall–Kier alpha value is -1.19. The summed E-state index contributed by atoms with van der Waals surface area (Å²) < 4.78 is 12.5. The molecule has 0 heterocycles. The van der Waals surface area contributed by atoms with Crippen molar-refractivity contribution < 1.29 is 9.50 Å². The van der Waals surface area contributed by atoms with Crippen LogP contribution in [0.4, 0.5) is 4.39 Å². The summed E-state index contributed by atoms with van der Waals surface area (Å²) in [5, 5.41) is 12.6. The van der Waals surface area contributed by atoms with E-state index in [0.29, 0.717) is 18.7 Å². The van der Waals surface area contributed by atoms with Gasteiger partial charge >= 0.3 is 0 Å². The van der Waals surface area contributed by atoms with Crippen LogP contribution in [0.25, 0.3) is 0 Å². The van der Waals surface area contributed by atoms with E-state index >= 15 is 0 Å². The fourth-order valence-corrected chi connectivity index (χ4v) is 1.12. The summed E-state index contributed by atoms with van der Waals surface area (Å²) >= 11 is 0. The van der Waals surface area contributed by atoms with Gasteiger partial charge in [-0.15, -0.1) is 6.58 Å². The van der Waals surface area contributed by atoms with Gasteiger partial charge in [0.2, 0.25) is 0 Å². The summed E-state index contributed by atoms with van der Waals surface area (Å²) in [5.74, 6) is -0.292. The van der Waals surface area contributed by atoms with Crippen LogP contribution in [-0.2, 0) is 0 Å². The van der Waals surface area contributed by atoms with Gasteiger partial charge in [0, 0.05) is 13.1 Å². The molecular weight excluding hydrogens is 181 g/mol. The molecule has 0 aliphatic rings. The van der Waals surface area contributed by atoms with Crippen LogP contribution in [0.1, 0.15) is 11.7 Å². The number of halogens is 1. The summed E-state index contributed by atoms with van der Waals surface area (Å²) in [6, 6.07) is 5.84. The van der Waals surface area contributed by atoms with E-state index in [2.05, 4.69) is 11.9 Å². The van der Waals surface area contributed by atoms with Gasteiger partial charge in [-0.25, -0.2) is 4.39 Å². The average Bonchev–Trinajstić information content (AvgIpc) is 2.19. The lowest BCUT2D eigenvalue weighted by atomic mass is 10.1. The monoisotopic (exact) mass is 195 g/mol. The van der Waals surface area contributed by atoms with E-state index < -0.39 is 6.10 Å². The molecule has 0 amide bonds. The molecule has 0 radical (unpaired) electrons. The Kier molecular flexibility index (Phi) is 4.29. The molecule has 0 aliphatic carbocycles. The maximum absolute atomic E-state index is 12.5. The molecule has 0 aromatic heterocycles. The van der Waals surface area contributed by atoms with Crippen LogP contribution < -0.4 is 5.32 Å². The molecule has 3 heteroatoms. The second-order valence-electron chi connectivity index (χ2n) is 3.01. The molecule has 0 saturated carbocycles. The Balaban J connectivity index is 2.47. The molecule has 2 N–H and O–H groups in total. The molecule has 0 fully saturated rings. The first-order chi connectivity index (χ1) is 6.74. The summed E-state index contributed by atoms with van der Waals surface area (Å²) in [7, 11) is 0. The molecule has 1 aromatic rings. The molecule has 1 aromatic carbocycles. The normalized spacial score (nSPS) is 12.4. The molecular formula is C11H14FNO. The Morgan fingerprint density at radius 1 is 1.43 bits per heavy atom. The molecule has 0 saturated heterocycles. The van der Waals surface area contributed by atoms with Crippen molar-refractivity contribution in [3.05, 3.63) is 48.3 Å². The zero-order valence-corrected chi connectivity index (χ0v) is 7.91. The van der Waals surface area contributed by atoms with Gasteiger partial charge in [-0.05, 0) is 17.7 Å². The molecule has 0 aliphatic heterocycles. The van der Waals surface area contributed by atoms with Gasteiger partial charge in [-0.1, -0.05) is 18.2 Å². The highest BCUT2D eigenvalue weighted by molar-refractivity contribution is 5.18. The topological polar surface area (TPSA) is 32.3 Å². The molecule has 1 atom stereocenters. The minimum absolute atomic E-state index is 0.292. The zero-order valence-electron chi connectivity index (χ0n) is 7.91. The summed E-state index contributed by atoms with van der Waals surface area (Å²) in [4.78, 5) is 0. The molecule has 0 bridgehead atoms. The van der Waals surface area contributed by atoms with E-state index in [-0.39, 0.29) is 5.82 Å². The van der Waals surface area contributed by atoms with E-state index in [4.69, 9.17) is 0 Å². The quantitative estimate of drug-likeness (QED) is 0.553. The van der Waals surface area contributed by atoms with Crippen molar-refractivity contribution in [2.45, 2.75) is 6.10 Å². The summed E-state index contributed by atoms with van der Waals surface area (Å²) in [5.41, 5.74) is 0.711. The lowest BCUT2D eigenvalue weighted by Crippen LogP contribution is -2.21. The van der Waals surface area contributed by atoms with Crippen LogP contribution in [0.2, 0.25) is 0 Å². The molecule has 0 unspecified atom stereocenters. The minimum Gasteiger partial charge on any atom is -0.387 e. The highest BCUT2D eigenvalue weighted by atomic mass is 19.1. The number of aliphatic hydroxyl groups excluding tert-OH is 1. The second kappa shape index (κ2) is 5.52. The van der Waals surface area contributed by atoms with Crippen LogP contribution in [0, 0.1) is 5.82 Å². The fraction of sp³-hybridized carbons (Fsp3) is 0.273. The highest BCUT2D eigenvalue weighted by Crippen LogP contribution is 2.11. The average molecular weight is 195 g/mol. The number of hydrogen-bond donors (Lipinski definition) is 2. The SMILES string of the molecule is C=CCNC[C@@H](O)c1ccc(F)cc1. The van der Waals surface area contributed by atoms with Gasteiger partial charge in [0.1, 0.15) is 5.82 Å². The zero-order chi connectivity index (χ0) is 10.4. The van der Waals surface area contributed by atoms with Crippen LogP contribution in [0.3, 0.4) is 0 Å². The minimum atomic E-state index is -0.601. The van der Waals surface area contributed by atoms with E-state index in [1.165, 1.54) is 12.1 Å². The third kappa shape index (κ3) is 3.28. The van der Waals surface area contributed by atoms with Gasteiger partial charge in [0.15, 0.2) is 0 Å². The van der Waals surface area contributed by atoms with Crippen molar-refractivity contribution in [2.75, 3.05) is 13.1 Å². The first-order valence-corrected chi connectivity index (χ1v) is 4.49. The maximum Gasteiger partial charge on any atom is 0.123 e. The largest absolute Gasteiger partial charge is 0.387 e. The van der Waals surface area contributed by atoms with Crippen molar-refractivity contribution in [1.29, 1.82) is 0 Å². The lowest BCUT2D eigenvalue weighted by molar-refractivity contribution is 0.176. The molecule has 0 spiro atoms. The van der Waals surface area contributed by atoms with Crippen LogP contribution in [0.15, 0.2) is 36.9 Å².